The van der Waals surface area contributed by atoms with Gasteiger partial charge in [-0.2, -0.15) is 0 Å². The van der Waals surface area contributed by atoms with E-state index in [-0.39, 0.29) is 0 Å². The number of rotatable bonds is 7. The fourth-order valence-corrected chi connectivity index (χ4v) is 2.64. The number of carbonyl (C=O) groups is 1. The molecule has 0 spiro atoms. The zero-order chi connectivity index (χ0) is 11.4. The molecule has 2 fully saturated rings. The van der Waals surface area contributed by atoms with Gasteiger partial charge in [0.2, 0.25) is 5.91 Å². The van der Waals surface area contributed by atoms with Crippen molar-refractivity contribution in [2.75, 3.05) is 19.6 Å². The van der Waals surface area contributed by atoms with Crippen LogP contribution in [0.2, 0.25) is 0 Å². The molecule has 0 aromatic rings. The lowest BCUT2D eigenvalue weighted by Crippen LogP contribution is -2.34. The van der Waals surface area contributed by atoms with Gasteiger partial charge < -0.3 is 10.2 Å². The third kappa shape index (κ3) is 3.21. The van der Waals surface area contributed by atoms with Gasteiger partial charge in [0.1, 0.15) is 0 Å². The van der Waals surface area contributed by atoms with Crippen LogP contribution >= 0.6 is 0 Å². The summed E-state index contributed by atoms with van der Waals surface area (Å²) >= 11 is 0. The maximum atomic E-state index is 11.4. The second-order valence-corrected chi connectivity index (χ2v) is 5.14. The third-order valence-corrected chi connectivity index (χ3v) is 3.81. The van der Waals surface area contributed by atoms with Crippen molar-refractivity contribution in [2.45, 2.75) is 51.5 Å². The van der Waals surface area contributed by atoms with Crippen LogP contribution in [0.25, 0.3) is 0 Å². The summed E-state index contributed by atoms with van der Waals surface area (Å²) in [6.07, 6.45) is 7.01. The van der Waals surface area contributed by atoms with Gasteiger partial charge >= 0.3 is 0 Å². The van der Waals surface area contributed by atoms with E-state index >= 15 is 0 Å². The van der Waals surface area contributed by atoms with Crippen LogP contribution in [0.4, 0.5) is 0 Å². The highest BCUT2D eigenvalue weighted by Gasteiger charge is 2.29. The quantitative estimate of drug-likeness (QED) is 0.669. The first-order chi connectivity index (χ1) is 7.81. The molecule has 1 saturated heterocycles. The van der Waals surface area contributed by atoms with Crippen molar-refractivity contribution in [3.8, 4) is 0 Å². The average Bonchev–Trinajstić information content (AvgIpc) is 3.04. The summed E-state index contributed by atoms with van der Waals surface area (Å²) in [5, 5.41) is 3.63. The van der Waals surface area contributed by atoms with Gasteiger partial charge in [-0.15, -0.1) is 0 Å². The minimum atomic E-state index is 0.356. The topological polar surface area (TPSA) is 32.3 Å². The Morgan fingerprint density at radius 2 is 2.31 bits per heavy atom. The maximum absolute atomic E-state index is 11.4. The van der Waals surface area contributed by atoms with Gasteiger partial charge in [0, 0.05) is 25.6 Å². The van der Waals surface area contributed by atoms with E-state index in [1.54, 1.807) is 0 Å². The number of amides is 1. The van der Waals surface area contributed by atoms with Gasteiger partial charge in [-0.1, -0.05) is 6.92 Å². The number of hydrogen-bond donors (Lipinski definition) is 1. The molecule has 1 heterocycles. The van der Waals surface area contributed by atoms with E-state index in [1.165, 1.54) is 19.3 Å². The van der Waals surface area contributed by atoms with Crippen molar-refractivity contribution in [2.24, 2.45) is 5.92 Å². The minimum Gasteiger partial charge on any atom is -0.343 e. The van der Waals surface area contributed by atoms with Gasteiger partial charge in [0.15, 0.2) is 0 Å². The second kappa shape index (κ2) is 5.67. The lowest BCUT2D eigenvalue weighted by atomic mass is 10.1. The summed E-state index contributed by atoms with van der Waals surface area (Å²) < 4.78 is 0. The zero-order valence-electron chi connectivity index (χ0n) is 10.4. The Labute approximate surface area is 98.6 Å². The lowest BCUT2D eigenvalue weighted by molar-refractivity contribution is -0.127. The van der Waals surface area contributed by atoms with E-state index in [0.717, 1.165) is 50.9 Å². The van der Waals surface area contributed by atoms with E-state index in [1.807, 2.05) is 4.90 Å². The summed E-state index contributed by atoms with van der Waals surface area (Å²) in [7, 11) is 0. The van der Waals surface area contributed by atoms with E-state index in [4.69, 9.17) is 0 Å². The fraction of sp³-hybridized carbons (Fsp3) is 0.923. The molecule has 3 heteroatoms. The first-order valence-corrected chi connectivity index (χ1v) is 6.82. The standard InChI is InChI=1S/C13H24N2O/c1-2-12(11-6-7-11)14-8-4-10-15-9-3-5-13(15)16/h11-12,14H,2-10H2,1H3. The van der Waals surface area contributed by atoms with Gasteiger partial charge in [-0.3, -0.25) is 4.79 Å². The molecule has 0 radical (unpaired) electrons. The molecule has 16 heavy (non-hydrogen) atoms. The molecule has 92 valence electrons. The predicted molar refractivity (Wildman–Crippen MR) is 65.2 cm³/mol. The van der Waals surface area contributed by atoms with Crippen molar-refractivity contribution in [3.63, 3.8) is 0 Å². The van der Waals surface area contributed by atoms with Crippen molar-refractivity contribution in [3.05, 3.63) is 0 Å². The average molecular weight is 224 g/mol. The molecule has 0 bridgehead atoms. The number of nitrogens with one attached hydrogen (secondary N) is 1. The van der Waals surface area contributed by atoms with E-state index in [2.05, 4.69) is 12.2 Å². The number of likely N-dealkylation sites (tertiary alicyclic amines) is 1. The van der Waals surface area contributed by atoms with Crippen LogP contribution in [0.5, 0.6) is 0 Å². The number of hydrogen-bond acceptors (Lipinski definition) is 2. The molecule has 2 aliphatic rings. The van der Waals surface area contributed by atoms with E-state index in [9.17, 15) is 4.79 Å². The number of carbonyl (C=O) groups excluding carboxylic acids is 1. The van der Waals surface area contributed by atoms with Crippen molar-refractivity contribution in [1.29, 1.82) is 0 Å². The summed E-state index contributed by atoms with van der Waals surface area (Å²) in [4.78, 5) is 13.4. The molecule has 1 aliphatic heterocycles. The van der Waals surface area contributed by atoms with Gasteiger partial charge in [0.05, 0.1) is 0 Å². The highest BCUT2D eigenvalue weighted by molar-refractivity contribution is 5.77. The third-order valence-electron chi connectivity index (χ3n) is 3.81. The summed E-state index contributed by atoms with van der Waals surface area (Å²) in [6, 6.07) is 0.731. The zero-order valence-corrected chi connectivity index (χ0v) is 10.4. The Hall–Kier alpha value is -0.570. The normalized spacial score (nSPS) is 22.8. The smallest absolute Gasteiger partial charge is 0.222 e. The van der Waals surface area contributed by atoms with Gasteiger partial charge in [-0.25, -0.2) is 0 Å². The molecular formula is C13H24N2O. The molecule has 1 aliphatic carbocycles. The molecule has 1 amide bonds. The van der Waals surface area contributed by atoms with Gasteiger partial charge in [0.25, 0.3) is 0 Å². The SMILES string of the molecule is CCC(NCCCN1CCCC1=O)C1CC1. The largest absolute Gasteiger partial charge is 0.343 e. The second-order valence-electron chi connectivity index (χ2n) is 5.14. The Balaban J connectivity index is 1.55. The first-order valence-electron chi connectivity index (χ1n) is 6.82. The van der Waals surface area contributed by atoms with Crippen LogP contribution in [-0.4, -0.2) is 36.5 Å². The van der Waals surface area contributed by atoms with Gasteiger partial charge in [-0.05, 0) is 44.6 Å². The highest BCUT2D eigenvalue weighted by atomic mass is 16.2. The Kier molecular flexibility index (Phi) is 4.22. The van der Waals surface area contributed by atoms with Crippen LogP contribution in [-0.2, 0) is 4.79 Å². The summed E-state index contributed by atoms with van der Waals surface area (Å²) in [5.74, 6) is 1.30. The molecule has 1 unspecified atom stereocenters. The monoisotopic (exact) mass is 224 g/mol. The Morgan fingerprint density at radius 1 is 1.50 bits per heavy atom. The highest BCUT2D eigenvalue weighted by Crippen LogP contribution is 2.33. The van der Waals surface area contributed by atoms with Crippen molar-refractivity contribution >= 4 is 5.91 Å². The molecule has 3 nitrogen and oxygen atoms in total. The molecular weight excluding hydrogens is 200 g/mol. The summed E-state index contributed by atoms with van der Waals surface area (Å²) in [6.45, 7) is 5.27. The van der Waals surface area contributed by atoms with E-state index in [0.29, 0.717) is 5.91 Å². The maximum Gasteiger partial charge on any atom is 0.222 e. The van der Waals surface area contributed by atoms with Crippen LogP contribution in [0.15, 0.2) is 0 Å². The lowest BCUT2D eigenvalue weighted by Gasteiger charge is -2.18. The summed E-state index contributed by atoms with van der Waals surface area (Å²) in [5.41, 5.74) is 0. The molecule has 0 aromatic heterocycles. The van der Waals surface area contributed by atoms with Crippen LogP contribution < -0.4 is 5.32 Å². The predicted octanol–water partition coefficient (Wildman–Crippen LogP) is 1.78. The molecule has 1 atom stereocenters. The Bertz CT molecular complexity index is 238. The molecule has 1 N–H and O–H groups in total. The van der Waals surface area contributed by atoms with Crippen LogP contribution in [0.1, 0.15) is 45.4 Å². The molecule has 1 saturated carbocycles. The van der Waals surface area contributed by atoms with Crippen LogP contribution in [0, 0.1) is 5.92 Å². The minimum absolute atomic E-state index is 0.356. The van der Waals surface area contributed by atoms with Crippen molar-refractivity contribution in [1.82, 2.24) is 10.2 Å². The fourth-order valence-electron chi connectivity index (χ4n) is 2.64. The Morgan fingerprint density at radius 3 is 2.88 bits per heavy atom. The molecule has 0 aromatic carbocycles. The van der Waals surface area contributed by atoms with Crippen molar-refractivity contribution < 1.29 is 4.79 Å². The first kappa shape index (κ1) is 11.9. The van der Waals surface area contributed by atoms with Crippen LogP contribution in [0.3, 0.4) is 0 Å². The molecule has 2 rings (SSSR count). The van der Waals surface area contributed by atoms with E-state index < -0.39 is 0 Å². The number of nitrogens with zero attached hydrogens (tertiary/aromatic N) is 1.